The first-order valence-corrected chi connectivity index (χ1v) is 8.89. The zero-order valence-electron chi connectivity index (χ0n) is 12.5. The summed E-state index contributed by atoms with van der Waals surface area (Å²) in [6.45, 7) is 1.03. The molecule has 1 fully saturated rings. The average molecular weight is 312 g/mol. The second kappa shape index (κ2) is 6.08. The summed E-state index contributed by atoms with van der Waals surface area (Å²) in [5, 5.41) is 12.3. The van der Waals surface area contributed by atoms with Gasteiger partial charge in [0.05, 0.1) is 15.9 Å². The van der Waals surface area contributed by atoms with Gasteiger partial charge in [0.2, 0.25) is 0 Å². The molecule has 1 aliphatic rings. The number of fused-ring (bicyclic) bond motifs is 1. The Hall–Kier alpha value is -1.88. The van der Waals surface area contributed by atoms with Crippen molar-refractivity contribution >= 4 is 28.1 Å². The number of anilines is 1. The number of aromatic amines is 1. The van der Waals surface area contributed by atoms with E-state index in [4.69, 9.17) is 0 Å². The number of hydrogen-bond acceptors (Lipinski definition) is 4. The van der Waals surface area contributed by atoms with Crippen molar-refractivity contribution in [1.29, 1.82) is 0 Å². The Morgan fingerprint density at radius 3 is 2.95 bits per heavy atom. The number of benzene rings is 1. The number of nitrogens with one attached hydrogen (secondary N) is 2. The molecule has 2 N–H and O–H groups in total. The number of rotatable bonds is 4. The number of nitrogens with zero attached hydrogens (tertiary/aromatic N) is 2. The molecule has 1 aliphatic carbocycles. The number of thiazole rings is 1. The minimum Gasteiger partial charge on any atom is -0.368 e. The van der Waals surface area contributed by atoms with E-state index in [9.17, 15) is 0 Å². The molecule has 2 heterocycles. The van der Waals surface area contributed by atoms with E-state index in [0.29, 0.717) is 0 Å². The molecule has 0 aliphatic heterocycles. The summed E-state index contributed by atoms with van der Waals surface area (Å²) >= 11 is 1.67. The summed E-state index contributed by atoms with van der Waals surface area (Å²) in [5.41, 5.74) is 4.16. The monoisotopic (exact) mass is 312 g/mol. The maximum Gasteiger partial charge on any atom is 0.155 e. The van der Waals surface area contributed by atoms with Gasteiger partial charge in [-0.05, 0) is 36.5 Å². The quantitative estimate of drug-likeness (QED) is 0.735. The molecule has 22 heavy (non-hydrogen) atoms. The van der Waals surface area contributed by atoms with Crippen LogP contribution in [0.15, 0.2) is 29.9 Å². The molecule has 2 aromatic heterocycles. The van der Waals surface area contributed by atoms with E-state index >= 15 is 0 Å². The van der Waals surface area contributed by atoms with Gasteiger partial charge >= 0.3 is 0 Å². The molecule has 0 spiro atoms. The smallest absolute Gasteiger partial charge is 0.155 e. The molecule has 0 atom stereocenters. The Labute approximate surface area is 134 Å². The van der Waals surface area contributed by atoms with Gasteiger partial charge in [-0.3, -0.25) is 10.1 Å². The fourth-order valence-electron chi connectivity index (χ4n) is 3.29. The first kappa shape index (κ1) is 13.8. The molecular formula is C17H20N4S. The minimum atomic E-state index is 0.796. The lowest BCUT2D eigenvalue weighted by atomic mass is 9.89. The summed E-state index contributed by atoms with van der Waals surface area (Å²) in [5.74, 6) is 1.78. The summed E-state index contributed by atoms with van der Waals surface area (Å²) < 4.78 is 0. The molecule has 4 nitrogen and oxygen atoms in total. The van der Waals surface area contributed by atoms with Gasteiger partial charge in [0.1, 0.15) is 0 Å². The fraction of sp³-hybridized carbons (Fsp3) is 0.412. The molecule has 1 saturated carbocycles. The molecule has 0 bridgehead atoms. The van der Waals surface area contributed by atoms with Crippen molar-refractivity contribution in [3.63, 3.8) is 0 Å². The van der Waals surface area contributed by atoms with Crippen molar-refractivity contribution in [3.8, 4) is 10.4 Å². The highest BCUT2D eigenvalue weighted by molar-refractivity contribution is 7.13. The second-order valence-electron chi connectivity index (χ2n) is 6.08. The Kier molecular flexibility index (Phi) is 3.81. The SMILES string of the molecule is c1ncc(-c2ccc3[nH]nc(NCC4CCCCC4)c3c2)s1. The van der Waals surface area contributed by atoms with E-state index in [1.165, 1.54) is 47.9 Å². The topological polar surface area (TPSA) is 53.6 Å². The van der Waals surface area contributed by atoms with Crippen LogP contribution in [0.1, 0.15) is 32.1 Å². The molecule has 4 rings (SSSR count). The van der Waals surface area contributed by atoms with Crippen molar-refractivity contribution in [1.82, 2.24) is 15.2 Å². The lowest BCUT2D eigenvalue weighted by molar-refractivity contribution is 0.373. The van der Waals surface area contributed by atoms with Crippen LogP contribution >= 0.6 is 11.3 Å². The van der Waals surface area contributed by atoms with Crippen molar-refractivity contribution < 1.29 is 0 Å². The summed E-state index contributed by atoms with van der Waals surface area (Å²) in [6.07, 6.45) is 8.77. The van der Waals surface area contributed by atoms with Crippen LogP contribution in [0, 0.1) is 5.92 Å². The van der Waals surface area contributed by atoms with E-state index in [0.717, 1.165) is 23.8 Å². The zero-order chi connectivity index (χ0) is 14.8. The Bertz CT molecular complexity index is 741. The first-order chi connectivity index (χ1) is 10.9. The summed E-state index contributed by atoms with van der Waals surface area (Å²) in [6, 6.07) is 6.43. The van der Waals surface area contributed by atoms with Crippen LogP contribution in [-0.4, -0.2) is 21.7 Å². The molecule has 3 aromatic rings. The third-order valence-corrected chi connectivity index (χ3v) is 5.38. The number of hydrogen-bond donors (Lipinski definition) is 2. The number of H-pyrrole nitrogens is 1. The summed E-state index contributed by atoms with van der Waals surface area (Å²) in [4.78, 5) is 5.36. The molecule has 114 valence electrons. The van der Waals surface area contributed by atoms with Gasteiger partial charge in [0.25, 0.3) is 0 Å². The maximum atomic E-state index is 4.45. The molecule has 5 heteroatoms. The lowest BCUT2D eigenvalue weighted by Crippen LogP contribution is -2.17. The van der Waals surface area contributed by atoms with Gasteiger partial charge in [0, 0.05) is 18.1 Å². The third-order valence-electron chi connectivity index (χ3n) is 4.56. The largest absolute Gasteiger partial charge is 0.368 e. The maximum absolute atomic E-state index is 4.45. The van der Waals surface area contributed by atoms with Gasteiger partial charge in [-0.15, -0.1) is 11.3 Å². The molecular weight excluding hydrogens is 292 g/mol. The van der Waals surface area contributed by atoms with Crippen LogP contribution in [0.4, 0.5) is 5.82 Å². The Morgan fingerprint density at radius 1 is 1.23 bits per heavy atom. The van der Waals surface area contributed by atoms with Crippen LogP contribution < -0.4 is 5.32 Å². The average Bonchev–Trinajstić information content (AvgIpc) is 3.23. The predicted octanol–water partition coefficient (Wildman–Crippen LogP) is 4.68. The minimum absolute atomic E-state index is 0.796. The van der Waals surface area contributed by atoms with Crippen LogP contribution in [0.2, 0.25) is 0 Å². The third kappa shape index (κ3) is 2.73. The van der Waals surface area contributed by atoms with Gasteiger partial charge < -0.3 is 5.32 Å². The van der Waals surface area contributed by atoms with Crippen LogP contribution in [0.5, 0.6) is 0 Å². The van der Waals surface area contributed by atoms with Crippen molar-refractivity contribution in [2.24, 2.45) is 5.92 Å². The van der Waals surface area contributed by atoms with Crippen molar-refractivity contribution in [3.05, 3.63) is 29.9 Å². The first-order valence-electron chi connectivity index (χ1n) is 8.01. The molecule has 0 saturated heterocycles. The Morgan fingerprint density at radius 2 is 2.14 bits per heavy atom. The predicted molar refractivity (Wildman–Crippen MR) is 92.3 cm³/mol. The van der Waals surface area contributed by atoms with Crippen molar-refractivity contribution in [2.75, 3.05) is 11.9 Å². The lowest BCUT2D eigenvalue weighted by Gasteiger charge is -2.21. The van der Waals surface area contributed by atoms with E-state index in [2.05, 4.69) is 38.7 Å². The fourth-order valence-corrected chi connectivity index (χ4v) is 3.91. The van der Waals surface area contributed by atoms with Crippen LogP contribution in [0.25, 0.3) is 21.3 Å². The van der Waals surface area contributed by atoms with Gasteiger partial charge in [0.15, 0.2) is 5.82 Å². The van der Waals surface area contributed by atoms with Crippen molar-refractivity contribution in [2.45, 2.75) is 32.1 Å². The van der Waals surface area contributed by atoms with E-state index in [1.54, 1.807) is 11.3 Å². The van der Waals surface area contributed by atoms with E-state index in [-0.39, 0.29) is 0 Å². The standard InChI is InChI=1S/C17H20N4S/c1-2-4-12(5-3-1)9-19-17-14-8-13(16-10-18-11-22-16)6-7-15(14)20-21-17/h6-8,10-12H,1-5,9H2,(H2,19,20,21). The molecule has 0 radical (unpaired) electrons. The Balaban J connectivity index is 1.56. The van der Waals surface area contributed by atoms with Crippen LogP contribution in [-0.2, 0) is 0 Å². The van der Waals surface area contributed by atoms with Gasteiger partial charge in [-0.1, -0.05) is 25.3 Å². The van der Waals surface area contributed by atoms with Crippen LogP contribution in [0.3, 0.4) is 0 Å². The highest BCUT2D eigenvalue weighted by Crippen LogP contribution is 2.30. The second-order valence-corrected chi connectivity index (χ2v) is 6.97. The molecule has 1 aromatic carbocycles. The number of aromatic nitrogens is 3. The molecule has 0 amide bonds. The molecule has 0 unspecified atom stereocenters. The van der Waals surface area contributed by atoms with Gasteiger partial charge in [-0.25, -0.2) is 0 Å². The van der Waals surface area contributed by atoms with E-state index in [1.807, 2.05) is 11.7 Å². The highest BCUT2D eigenvalue weighted by Gasteiger charge is 2.14. The van der Waals surface area contributed by atoms with E-state index < -0.39 is 0 Å². The highest BCUT2D eigenvalue weighted by atomic mass is 32.1. The summed E-state index contributed by atoms with van der Waals surface area (Å²) in [7, 11) is 0. The normalized spacial score (nSPS) is 16.2. The van der Waals surface area contributed by atoms with Gasteiger partial charge in [-0.2, -0.15) is 5.10 Å². The zero-order valence-corrected chi connectivity index (χ0v) is 13.3.